The number of rotatable bonds is 2. The van der Waals surface area contributed by atoms with Crippen molar-refractivity contribution in [1.82, 2.24) is 0 Å². The summed E-state index contributed by atoms with van der Waals surface area (Å²) in [6.07, 6.45) is 0. The van der Waals surface area contributed by atoms with Crippen molar-refractivity contribution in [2.24, 2.45) is 0 Å². The molecule has 4 heteroatoms. The monoisotopic (exact) mass is 267 g/mol. The molecule has 0 aliphatic carbocycles. The molecular weight excluding hydrogens is 258 g/mol. The summed E-state index contributed by atoms with van der Waals surface area (Å²) in [6.45, 7) is 1.74. The summed E-state index contributed by atoms with van der Waals surface area (Å²) in [5, 5.41) is 9.50. The molecule has 1 aromatic rings. The summed E-state index contributed by atoms with van der Waals surface area (Å²) in [5.41, 5.74) is 2.50. The Labute approximate surface area is 96.8 Å². The first-order valence-corrected chi connectivity index (χ1v) is 5.44. The van der Waals surface area contributed by atoms with Gasteiger partial charge in [0.2, 0.25) is 0 Å². The number of benzene rings is 1. The second kappa shape index (κ2) is 4.94. The van der Waals surface area contributed by atoms with Gasteiger partial charge in [0.1, 0.15) is 0 Å². The van der Waals surface area contributed by atoms with Gasteiger partial charge in [-0.2, -0.15) is 5.26 Å². The number of hydrogen-bond acceptors (Lipinski definition) is 3. The molecule has 1 aromatic carbocycles. The van der Waals surface area contributed by atoms with Crippen molar-refractivity contribution in [2.45, 2.75) is 12.3 Å². The third-order valence-electron chi connectivity index (χ3n) is 2.15. The number of alkyl halides is 1. The Morgan fingerprint density at radius 1 is 1.60 bits per heavy atom. The molecular formula is C11H10BrNO2. The van der Waals surface area contributed by atoms with Crippen molar-refractivity contribution in [1.29, 1.82) is 5.26 Å². The molecule has 78 valence electrons. The van der Waals surface area contributed by atoms with E-state index in [4.69, 9.17) is 5.26 Å². The number of halogens is 1. The summed E-state index contributed by atoms with van der Waals surface area (Å²) >= 11 is 3.29. The van der Waals surface area contributed by atoms with Gasteiger partial charge in [-0.1, -0.05) is 15.9 Å². The smallest absolute Gasteiger partial charge is 0.338 e. The summed E-state index contributed by atoms with van der Waals surface area (Å²) in [6, 6.07) is 5.55. The highest BCUT2D eigenvalue weighted by Crippen LogP contribution is 2.19. The number of carbonyl (C=O) groups excluding carboxylic acids is 1. The second-order valence-electron chi connectivity index (χ2n) is 3.05. The molecule has 0 saturated carbocycles. The average molecular weight is 268 g/mol. The molecule has 0 aliphatic rings. The molecule has 15 heavy (non-hydrogen) atoms. The predicted octanol–water partition coefficient (Wildman–Crippen LogP) is 2.55. The molecule has 0 heterocycles. The van der Waals surface area contributed by atoms with Crippen LogP contribution in [-0.4, -0.2) is 13.1 Å². The largest absolute Gasteiger partial charge is 0.465 e. The Kier molecular flexibility index (Phi) is 3.87. The Bertz CT molecular complexity index is 435. The van der Waals surface area contributed by atoms with Gasteiger partial charge in [-0.15, -0.1) is 0 Å². The predicted molar refractivity (Wildman–Crippen MR) is 59.9 cm³/mol. The number of esters is 1. The number of carbonyl (C=O) groups is 1. The SMILES string of the molecule is COC(=O)c1cc(CBr)cc(C#N)c1C. The molecule has 0 radical (unpaired) electrons. The number of nitrogens with zero attached hydrogens (tertiary/aromatic N) is 1. The summed E-state index contributed by atoms with van der Waals surface area (Å²) in [4.78, 5) is 11.4. The van der Waals surface area contributed by atoms with E-state index in [1.807, 2.05) is 0 Å². The van der Waals surface area contributed by atoms with E-state index in [2.05, 4.69) is 26.7 Å². The zero-order valence-electron chi connectivity index (χ0n) is 8.50. The van der Waals surface area contributed by atoms with Crippen LogP contribution < -0.4 is 0 Å². The van der Waals surface area contributed by atoms with Crippen LogP contribution in [0.25, 0.3) is 0 Å². The molecule has 3 nitrogen and oxygen atoms in total. The van der Waals surface area contributed by atoms with Crippen LogP contribution in [0.3, 0.4) is 0 Å². The Hall–Kier alpha value is -1.34. The van der Waals surface area contributed by atoms with Crippen LogP contribution in [0.2, 0.25) is 0 Å². The molecule has 0 aromatic heterocycles. The van der Waals surface area contributed by atoms with Crippen LogP contribution in [0.15, 0.2) is 12.1 Å². The first-order valence-electron chi connectivity index (χ1n) is 4.32. The third-order valence-corrected chi connectivity index (χ3v) is 2.80. The zero-order valence-corrected chi connectivity index (χ0v) is 10.1. The quantitative estimate of drug-likeness (QED) is 0.611. The van der Waals surface area contributed by atoms with E-state index in [9.17, 15) is 4.79 Å². The van der Waals surface area contributed by atoms with Crippen molar-refractivity contribution in [3.8, 4) is 6.07 Å². The summed E-state index contributed by atoms with van der Waals surface area (Å²) < 4.78 is 4.65. The molecule has 0 unspecified atom stereocenters. The minimum atomic E-state index is -0.410. The molecule has 0 aliphatic heterocycles. The third kappa shape index (κ3) is 2.37. The van der Waals surface area contributed by atoms with E-state index >= 15 is 0 Å². The lowest BCUT2D eigenvalue weighted by molar-refractivity contribution is 0.0600. The van der Waals surface area contributed by atoms with Crippen LogP contribution in [0.1, 0.15) is 27.0 Å². The van der Waals surface area contributed by atoms with Crippen LogP contribution >= 0.6 is 15.9 Å². The van der Waals surface area contributed by atoms with Crippen molar-refractivity contribution >= 4 is 21.9 Å². The minimum Gasteiger partial charge on any atom is -0.465 e. The second-order valence-corrected chi connectivity index (χ2v) is 3.61. The standard InChI is InChI=1S/C11H10BrNO2/c1-7-9(6-13)3-8(5-12)4-10(7)11(14)15-2/h3-4H,5H2,1-2H3. The lowest BCUT2D eigenvalue weighted by Crippen LogP contribution is -2.06. The van der Waals surface area contributed by atoms with Crippen molar-refractivity contribution in [3.05, 3.63) is 34.4 Å². The lowest BCUT2D eigenvalue weighted by Gasteiger charge is -2.07. The van der Waals surface area contributed by atoms with Gasteiger partial charge in [0.25, 0.3) is 0 Å². The first kappa shape index (κ1) is 11.7. The Balaban J connectivity index is 3.38. The fourth-order valence-electron chi connectivity index (χ4n) is 1.29. The van der Waals surface area contributed by atoms with Crippen LogP contribution in [0, 0.1) is 18.3 Å². The van der Waals surface area contributed by atoms with Crippen LogP contribution in [0.5, 0.6) is 0 Å². The maximum atomic E-state index is 11.4. The number of ether oxygens (including phenoxy) is 1. The van der Waals surface area contributed by atoms with Crippen LogP contribution in [0.4, 0.5) is 0 Å². The minimum absolute atomic E-state index is 0.410. The highest BCUT2D eigenvalue weighted by Gasteiger charge is 2.13. The molecule has 0 amide bonds. The maximum absolute atomic E-state index is 11.4. The molecule has 0 bridgehead atoms. The van der Waals surface area contributed by atoms with E-state index in [1.165, 1.54) is 7.11 Å². The first-order chi connectivity index (χ1) is 7.13. The van der Waals surface area contributed by atoms with Gasteiger partial charge in [-0.25, -0.2) is 4.79 Å². The van der Waals surface area contributed by atoms with E-state index < -0.39 is 5.97 Å². The van der Waals surface area contributed by atoms with E-state index in [-0.39, 0.29) is 0 Å². The number of nitriles is 1. The van der Waals surface area contributed by atoms with Gasteiger partial charge in [0.15, 0.2) is 0 Å². The van der Waals surface area contributed by atoms with Gasteiger partial charge in [0.05, 0.1) is 24.3 Å². The van der Waals surface area contributed by atoms with Gasteiger partial charge in [-0.3, -0.25) is 0 Å². The fraction of sp³-hybridized carbons (Fsp3) is 0.273. The van der Waals surface area contributed by atoms with Gasteiger partial charge >= 0.3 is 5.97 Å². The maximum Gasteiger partial charge on any atom is 0.338 e. The normalized spacial score (nSPS) is 9.47. The molecule has 0 atom stereocenters. The highest BCUT2D eigenvalue weighted by molar-refractivity contribution is 9.08. The van der Waals surface area contributed by atoms with Crippen molar-refractivity contribution < 1.29 is 9.53 Å². The average Bonchev–Trinajstić information content (AvgIpc) is 2.28. The van der Waals surface area contributed by atoms with Crippen LogP contribution in [-0.2, 0) is 10.1 Å². The Morgan fingerprint density at radius 2 is 2.27 bits per heavy atom. The Morgan fingerprint density at radius 3 is 2.73 bits per heavy atom. The van der Waals surface area contributed by atoms with E-state index in [0.29, 0.717) is 22.0 Å². The van der Waals surface area contributed by atoms with Gasteiger partial charge < -0.3 is 4.74 Å². The highest BCUT2D eigenvalue weighted by atomic mass is 79.9. The topological polar surface area (TPSA) is 50.1 Å². The van der Waals surface area contributed by atoms with Crippen molar-refractivity contribution in [2.75, 3.05) is 7.11 Å². The van der Waals surface area contributed by atoms with Gasteiger partial charge in [0, 0.05) is 5.33 Å². The molecule has 1 rings (SSSR count). The van der Waals surface area contributed by atoms with E-state index in [0.717, 1.165) is 5.56 Å². The molecule has 0 fully saturated rings. The number of hydrogen-bond donors (Lipinski definition) is 0. The fourth-order valence-corrected chi connectivity index (χ4v) is 1.61. The van der Waals surface area contributed by atoms with Crippen molar-refractivity contribution in [3.63, 3.8) is 0 Å². The van der Waals surface area contributed by atoms with Gasteiger partial charge in [-0.05, 0) is 30.2 Å². The number of methoxy groups -OCH3 is 1. The molecule has 0 spiro atoms. The summed E-state index contributed by atoms with van der Waals surface area (Å²) in [5.74, 6) is -0.410. The summed E-state index contributed by atoms with van der Waals surface area (Å²) in [7, 11) is 1.33. The molecule has 0 saturated heterocycles. The molecule has 0 N–H and O–H groups in total. The zero-order chi connectivity index (χ0) is 11.4. The van der Waals surface area contributed by atoms with E-state index in [1.54, 1.807) is 19.1 Å². The lowest BCUT2D eigenvalue weighted by atomic mass is 10.00.